The fraction of sp³-hybridized carbons (Fsp3) is 0.538. The number of likely N-dealkylation sites (tertiary alicyclic amines) is 1. The van der Waals surface area contributed by atoms with Gasteiger partial charge in [0, 0.05) is 30.3 Å². The number of aliphatic hydroxyl groups is 1. The Morgan fingerprint density at radius 2 is 1.94 bits per heavy atom. The van der Waals surface area contributed by atoms with Crippen LogP contribution in [0.2, 0.25) is 0 Å². The van der Waals surface area contributed by atoms with Gasteiger partial charge in [0.05, 0.1) is 5.60 Å². The first kappa shape index (κ1) is 12.0. The summed E-state index contributed by atoms with van der Waals surface area (Å²) in [6, 6.07) is 8.64. The van der Waals surface area contributed by atoms with Crippen molar-refractivity contribution in [1.29, 1.82) is 0 Å². The van der Waals surface area contributed by atoms with Crippen molar-refractivity contribution >= 4 is 11.8 Å². The minimum absolute atomic E-state index is 0.436. The molecule has 0 aliphatic carbocycles. The summed E-state index contributed by atoms with van der Waals surface area (Å²) in [7, 11) is 0. The molecular formula is C13H19NOS. The molecule has 1 heterocycles. The number of rotatable bonds is 4. The molecule has 0 spiro atoms. The zero-order valence-electron chi connectivity index (χ0n) is 9.94. The molecule has 88 valence electrons. The highest BCUT2D eigenvalue weighted by molar-refractivity contribution is 7.99. The lowest BCUT2D eigenvalue weighted by atomic mass is 9.97. The maximum atomic E-state index is 9.58. The first-order valence-corrected chi connectivity index (χ1v) is 6.68. The molecule has 3 heteroatoms. The van der Waals surface area contributed by atoms with E-state index in [2.05, 4.69) is 36.1 Å². The SMILES string of the molecule is Cc1ccc(SCCN2CC(C)(O)C2)cc1. The van der Waals surface area contributed by atoms with Crippen LogP contribution in [0.1, 0.15) is 12.5 Å². The summed E-state index contributed by atoms with van der Waals surface area (Å²) in [5, 5.41) is 9.58. The molecule has 1 aromatic carbocycles. The zero-order chi connectivity index (χ0) is 11.6. The minimum Gasteiger partial charge on any atom is -0.388 e. The summed E-state index contributed by atoms with van der Waals surface area (Å²) in [6.07, 6.45) is 0. The van der Waals surface area contributed by atoms with Gasteiger partial charge < -0.3 is 5.11 Å². The van der Waals surface area contributed by atoms with Gasteiger partial charge in [0.2, 0.25) is 0 Å². The van der Waals surface area contributed by atoms with Gasteiger partial charge in [-0.3, -0.25) is 4.90 Å². The quantitative estimate of drug-likeness (QED) is 0.812. The Kier molecular flexibility index (Phi) is 3.57. The highest BCUT2D eigenvalue weighted by atomic mass is 32.2. The van der Waals surface area contributed by atoms with Crippen LogP contribution in [0.15, 0.2) is 29.2 Å². The van der Waals surface area contributed by atoms with E-state index in [9.17, 15) is 5.11 Å². The van der Waals surface area contributed by atoms with Gasteiger partial charge in [0.1, 0.15) is 0 Å². The maximum Gasteiger partial charge on any atom is 0.0872 e. The third-order valence-electron chi connectivity index (χ3n) is 2.83. The van der Waals surface area contributed by atoms with Gasteiger partial charge in [0.25, 0.3) is 0 Å². The zero-order valence-corrected chi connectivity index (χ0v) is 10.8. The largest absolute Gasteiger partial charge is 0.388 e. The van der Waals surface area contributed by atoms with Crippen molar-refractivity contribution in [2.45, 2.75) is 24.3 Å². The Balaban J connectivity index is 1.67. The summed E-state index contributed by atoms with van der Waals surface area (Å²) in [5.41, 5.74) is 0.872. The van der Waals surface area contributed by atoms with Crippen LogP contribution in [-0.4, -0.2) is 41.0 Å². The summed E-state index contributed by atoms with van der Waals surface area (Å²) < 4.78 is 0. The van der Waals surface area contributed by atoms with Crippen LogP contribution < -0.4 is 0 Å². The van der Waals surface area contributed by atoms with Crippen molar-refractivity contribution in [2.75, 3.05) is 25.4 Å². The van der Waals surface area contributed by atoms with Gasteiger partial charge in [-0.1, -0.05) is 17.7 Å². The van der Waals surface area contributed by atoms with E-state index in [4.69, 9.17) is 0 Å². The van der Waals surface area contributed by atoms with E-state index in [1.165, 1.54) is 10.5 Å². The van der Waals surface area contributed by atoms with Crippen molar-refractivity contribution < 1.29 is 5.11 Å². The van der Waals surface area contributed by atoms with Gasteiger partial charge in [-0.25, -0.2) is 0 Å². The molecule has 0 saturated carbocycles. The normalized spacial score (nSPS) is 19.4. The smallest absolute Gasteiger partial charge is 0.0872 e. The van der Waals surface area contributed by atoms with E-state index in [0.717, 1.165) is 25.4 Å². The average molecular weight is 237 g/mol. The molecule has 0 bridgehead atoms. The lowest BCUT2D eigenvalue weighted by Gasteiger charge is -2.44. The van der Waals surface area contributed by atoms with Crippen LogP contribution in [-0.2, 0) is 0 Å². The van der Waals surface area contributed by atoms with Crippen LogP contribution in [0, 0.1) is 6.92 Å². The highest BCUT2D eigenvalue weighted by Gasteiger charge is 2.35. The lowest BCUT2D eigenvalue weighted by molar-refractivity contribution is -0.0801. The average Bonchev–Trinajstić information content (AvgIpc) is 2.18. The fourth-order valence-electron chi connectivity index (χ4n) is 2.00. The first-order chi connectivity index (χ1) is 7.55. The van der Waals surface area contributed by atoms with Crippen molar-refractivity contribution in [3.63, 3.8) is 0 Å². The van der Waals surface area contributed by atoms with E-state index in [1.54, 1.807) is 0 Å². The van der Waals surface area contributed by atoms with Crippen molar-refractivity contribution in [3.8, 4) is 0 Å². The second kappa shape index (κ2) is 4.78. The number of benzene rings is 1. The van der Waals surface area contributed by atoms with Crippen molar-refractivity contribution in [3.05, 3.63) is 29.8 Å². The number of β-amino-alcohol motifs (C(OH)–C–C–N with tert-alkyl or cyclic N) is 1. The first-order valence-electron chi connectivity index (χ1n) is 5.69. The molecule has 1 aliphatic rings. The van der Waals surface area contributed by atoms with E-state index in [0.29, 0.717) is 0 Å². The third-order valence-corrected chi connectivity index (χ3v) is 3.82. The van der Waals surface area contributed by atoms with E-state index in [1.807, 2.05) is 18.7 Å². The summed E-state index contributed by atoms with van der Waals surface area (Å²) in [6.45, 7) is 6.71. The molecule has 0 aromatic heterocycles. The topological polar surface area (TPSA) is 23.5 Å². The second-order valence-corrected chi connectivity index (χ2v) is 6.04. The van der Waals surface area contributed by atoms with Crippen molar-refractivity contribution in [1.82, 2.24) is 4.90 Å². The van der Waals surface area contributed by atoms with Crippen LogP contribution >= 0.6 is 11.8 Å². The maximum absolute atomic E-state index is 9.58. The Morgan fingerprint density at radius 1 is 1.31 bits per heavy atom. The number of thioether (sulfide) groups is 1. The molecule has 1 aliphatic heterocycles. The van der Waals surface area contributed by atoms with Gasteiger partial charge in [0.15, 0.2) is 0 Å². The predicted molar refractivity (Wildman–Crippen MR) is 69.0 cm³/mol. The molecule has 0 radical (unpaired) electrons. The second-order valence-electron chi connectivity index (χ2n) is 4.87. The fourth-order valence-corrected chi connectivity index (χ4v) is 2.92. The molecule has 0 amide bonds. The van der Waals surface area contributed by atoms with Gasteiger partial charge in [-0.15, -0.1) is 11.8 Å². The van der Waals surface area contributed by atoms with Crippen molar-refractivity contribution in [2.24, 2.45) is 0 Å². The standard InChI is InChI=1S/C13H19NOS/c1-11-3-5-12(6-4-11)16-8-7-14-9-13(2,15)10-14/h3-6,15H,7-10H2,1-2H3. The van der Waals surface area contributed by atoms with Gasteiger partial charge in [-0.05, 0) is 26.0 Å². The number of aryl methyl sites for hydroxylation is 1. The predicted octanol–water partition coefficient (Wildman–Crippen LogP) is 2.15. The van der Waals surface area contributed by atoms with E-state index < -0.39 is 5.60 Å². The summed E-state index contributed by atoms with van der Waals surface area (Å²) in [4.78, 5) is 3.62. The molecule has 0 unspecified atom stereocenters. The molecule has 1 fully saturated rings. The molecule has 1 aromatic rings. The molecule has 2 rings (SSSR count). The Morgan fingerprint density at radius 3 is 2.50 bits per heavy atom. The molecule has 2 nitrogen and oxygen atoms in total. The highest BCUT2D eigenvalue weighted by Crippen LogP contribution is 2.22. The number of hydrogen-bond donors (Lipinski definition) is 1. The van der Waals surface area contributed by atoms with Crippen LogP contribution in [0.5, 0.6) is 0 Å². The van der Waals surface area contributed by atoms with E-state index in [-0.39, 0.29) is 0 Å². The third kappa shape index (κ3) is 3.24. The number of hydrogen-bond acceptors (Lipinski definition) is 3. The van der Waals surface area contributed by atoms with Crippen LogP contribution in [0.25, 0.3) is 0 Å². The Labute approximate surface area is 102 Å². The molecule has 16 heavy (non-hydrogen) atoms. The number of nitrogens with zero attached hydrogens (tertiary/aromatic N) is 1. The lowest BCUT2D eigenvalue weighted by Crippen LogP contribution is -2.60. The Hall–Kier alpha value is -0.510. The molecular weight excluding hydrogens is 218 g/mol. The van der Waals surface area contributed by atoms with Gasteiger partial charge >= 0.3 is 0 Å². The molecule has 0 atom stereocenters. The Bertz CT molecular complexity index is 339. The van der Waals surface area contributed by atoms with Crippen LogP contribution in [0.4, 0.5) is 0 Å². The minimum atomic E-state index is -0.436. The van der Waals surface area contributed by atoms with E-state index >= 15 is 0 Å². The summed E-state index contributed by atoms with van der Waals surface area (Å²) >= 11 is 1.88. The summed E-state index contributed by atoms with van der Waals surface area (Å²) in [5.74, 6) is 1.10. The molecule has 1 N–H and O–H groups in total. The van der Waals surface area contributed by atoms with Gasteiger partial charge in [-0.2, -0.15) is 0 Å². The monoisotopic (exact) mass is 237 g/mol. The van der Waals surface area contributed by atoms with Crippen LogP contribution in [0.3, 0.4) is 0 Å². The molecule has 1 saturated heterocycles.